The Morgan fingerprint density at radius 1 is 1.07 bits per heavy atom. The van der Waals surface area contributed by atoms with Crippen molar-refractivity contribution in [1.82, 2.24) is 4.98 Å². The molecule has 0 spiro atoms. The molecule has 3 rings (SSSR count). The van der Waals surface area contributed by atoms with Gasteiger partial charge in [-0.15, -0.1) is 11.3 Å². The molecule has 1 atom stereocenters. The molecular weight excluding hydrogens is 373 g/mol. The molecule has 0 aliphatic heterocycles. The first kappa shape index (κ1) is 19.4. The van der Waals surface area contributed by atoms with Gasteiger partial charge in [0.1, 0.15) is 5.01 Å². The van der Waals surface area contributed by atoms with Gasteiger partial charge in [0.15, 0.2) is 0 Å². The maximum Gasteiger partial charge on any atom is 0.416 e. The number of aliphatic hydroxyl groups excluding tert-OH is 1. The van der Waals surface area contributed by atoms with Crippen molar-refractivity contribution in [2.24, 2.45) is 0 Å². The molecule has 0 fully saturated rings. The number of hydrogen-bond acceptors (Lipinski definition) is 4. The standard InChI is InChI=1S/C20H19F3N2OS/c1-14(26)11-25(18-5-3-2-4-6-18)12-17-13-27-19(24-17)15-7-9-16(10-8-15)20(21,22)23/h2-10,13-14,26H,11-12H2,1H3. The fraction of sp³-hybridized carbons (Fsp3) is 0.250. The normalized spacial score (nSPS) is 12.8. The van der Waals surface area contributed by atoms with Crippen LogP contribution < -0.4 is 4.90 Å². The van der Waals surface area contributed by atoms with Crippen molar-refractivity contribution in [3.05, 3.63) is 71.2 Å². The highest BCUT2D eigenvalue weighted by Crippen LogP contribution is 2.32. The number of nitrogens with zero attached hydrogens (tertiary/aromatic N) is 2. The van der Waals surface area contributed by atoms with Crippen LogP contribution in [0, 0.1) is 0 Å². The second kappa shape index (κ2) is 8.10. The first-order chi connectivity index (χ1) is 12.8. The van der Waals surface area contributed by atoms with E-state index in [1.54, 1.807) is 6.92 Å². The highest BCUT2D eigenvalue weighted by Gasteiger charge is 2.30. The van der Waals surface area contributed by atoms with E-state index in [1.807, 2.05) is 40.6 Å². The van der Waals surface area contributed by atoms with Gasteiger partial charge in [-0.25, -0.2) is 4.98 Å². The van der Waals surface area contributed by atoms with Crippen molar-refractivity contribution in [1.29, 1.82) is 0 Å². The minimum absolute atomic E-state index is 0.456. The van der Waals surface area contributed by atoms with Crippen LogP contribution in [0.5, 0.6) is 0 Å². The quantitative estimate of drug-likeness (QED) is 0.625. The molecule has 1 heterocycles. The van der Waals surface area contributed by atoms with Gasteiger partial charge in [0, 0.05) is 23.2 Å². The molecule has 7 heteroatoms. The van der Waals surface area contributed by atoms with Gasteiger partial charge >= 0.3 is 6.18 Å². The van der Waals surface area contributed by atoms with Crippen LogP contribution in [0.4, 0.5) is 18.9 Å². The maximum absolute atomic E-state index is 12.7. The van der Waals surface area contributed by atoms with E-state index in [4.69, 9.17) is 0 Å². The first-order valence-electron chi connectivity index (χ1n) is 8.43. The second-order valence-corrected chi connectivity index (χ2v) is 7.14. The van der Waals surface area contributed by atoms with Gasteiger partial charge in [0.2, 0.25) is 0 Å². The van der Waals surface area contributed by atoms with Crippen molar-refractivity contribution >= 4 is 17.0 Å². The number of hydrogen-bond donors (Lipinski definition) is 1. The van der Waals surface area contributed by atoms with Crippen LogP contribution >= 0.6 is 11.3 Å². The monoisotopic (exact) mass is 392 g/mol. The molecule has 142 valence electrons. The zero-order valence-corrected chi connectivity index (χ0v) is 15.5. The molecular formula is C20H19F3N2OS. The molecule has 0 saturated heterocycles. The van der Waals surface area contributed by atoms with Gasteiger partial charge in [0.05, 0.1) is 23.9 Å². The first-order valence-corrected chi connectivity index (χ1v) is 9.31. The Morgan fingerprint density at radius 2 is 1.74 bits per heavy atom. The molecule has 1 unspecified atom stereocenters. The SMILES string of the molecule is CC(O)CN(Cc1csc(-c2ccc(C(F)(F)F)cc2)n1)c1ccccc1. The third-order valence-electron chi connectivity index (χ3n) is 3.97. The summed E-state index contributed by atoms with van der Waals surface area (Å²) in [6, 6.07) is 14.7. The summed E-state index contributed by atoms with van der Waals surface area (Å²) in [5, 5.41) is 12.3. The largest absolute Gasteiger partial charge is 0.416 e. The average Bonchev–Trinajstić information content (AvgIpc) is 3.09. The maximum atomic E-state index is 12.7. The molecule has 1 N–H and O–H groups in total. The smallest absolute Gasteiger partial charge is 0.392 e. The zero-order valence-electron chi connectivity index (χ0n) is 14.6. The van der Waals surface area contributed by atoms with Gasteiger partial charge in [-0.1, -0.05) is 30.3 Å². The number of alkyl halides is 3. The van der Waals surface area contributed by atoms with E-state index in [-0.39, 0.29) is 0 Å². The Bertz CT molecular complexity index is 861. The molecule has 0 radical (unpaired) electrons. The topological polar surface area (TPSA) is 36.4 Å². The third kappa shape index (κ3) is 5.08. The summed E-state index contributed by atoms with van der Waals surface area (Å²) < 4.78 is 38.1. The second-order valence-electron chi connectivity index (χ2n) is 6.28. The van der Waals surface area contributed by atoms with E-state index in [9.17, 15) is 18.3 Å². The molecule has 0 amide bonds. The molecule has 1 aromatic heterocycles. The third-order valence-corrected chi connectivity index (χ3v) is 4.91. The van der Waals surface area contributed by atoms with Crippen LogP contribution in [0.3, 0.4) is 0 Å². The number of anilines is 1. The fourth-order valence-electron chi connectivity index (χ4n) is 2.73. The summed E-state index contributed by atoms with van der Waals surface area (Å²) in [4.78, 5) is 6.58. The molecule has 0 bridgehead atoms. The van der Waals surface area contributed by atoms with Crippen molar-refractivity contribution in [3.8, 4) is 10.6 Å². The van der Waals surface area contributed by atoms with Crippen LogP contribution in [0.25, 0.3) is 10.6 Å². The highest BCUT2D eigenvalue weighted by atomic mass is 32.1. The molecule has 3 aromatic rings. The van der Waals surface area contributed by atoms with Crippen LogP contribution in [-0.2, 0) is 12.7 Å². The lowest BCUT2D eigenvalue weighted by Gasteiger charge is -2.25. The van der Waals surface area contributed by atoms with E-state index in [1.165, 1.54) is 23.5 Å². The lowest BCUT2D eigenvalue weighted by molar-refractivity contribution is -0.137. The number of para-hydroxylation sites is 1. The number of aliphatic hydroxyl groups is 1. The van der Waals surface area contributed by atoms with E-state index < -0.39 is 17.8 Å². The number of benzene rings is 2. The van der Waals surface area contributed by atoms with Gasteiger partial charge in [-0.2, -0.15) is 13.2 Å². The Morgan fingerprint density at radius 3 is 2.33 bits per heavy atom. The van der Waals surface area contributed by atoms with Crippen LogP contribution in [0.15, 0.2) is 60.0 Å². The Kier molecular flexibility index (Phi) is 5.82. The highest BCUT2D eigenvalue weighted by molar-refractivity contribution is 7.13. The van der Waals surface area contributed by atoms with E-state index in [0.29, 0.717) is 23.7 Å². The lowest BCUT2D eigenvalue weighted by Crippen LogP contribution is -2.30. The van der Waals surface area contributed by atoms with E-state index >= 15 is 0 Å². The van der Waals surface area contributed by atoms with Crippen molar-refractivity contribution in [3.63, 3.8) is 0 Å². The van der Waals surface area contributed by atoms with E-state index in [2.05, 4.69) is 4.98 Å². The summed E-state index contributed by atoms with van der Waals surface area (Å²) in [5.74, 6) is 0. The van der Waals surface area contributed by atoms with Crippen molar-refractivity contribution in [2.45, 2.75) is 25.7 Å². The average molecular weight is 392 g/mol. The molecule has 0 aliphatic rings. The Hall–Kier alpha value is -2.38. The number of rotatable bonds is 6. The number of aromatic nitrogens is 1. The minimum atomic E-state index is -4.34. The Labute approximate surface area is 159 Å². The summed E-state index contributed by atoms with van der Waals surface area (Å²) in [6.07, 6.45) is -4.85. The van der Waals surface area contributed by atoms with Crippen molar-refractivity contribution in [2.75, 3.05) is 11.4 Å². The number of thiazole rings is 1. The predicted octanol–water partition coefficient (Wildman–Crippen LogP) is 5.22. The summed E-state index contributed by atoms with van der Waals surface area (Å²) in [6.45, 7) is 2.69. The minimum Gasteiger partial charge on any atom is -0.392 e. The predicted molar refractivity (Wildman–Crippen MR) is 102 cm³/mol. The van der Waals surface area contributed by atoms with Crippen LogP contribution in [0.2, 0.25) is 0 Å². The molecule has 3 nitrogen and oxygen atoms in total. The van der Waals surface area contributed by atoms with Crippen molar-refractivity contribution < 1.29 is 18.3 Å². The van der Waals surface area contributed by atoms with Gasteiger partial charge in [-0.05, 0) is 31.2 Å². The van der Waals surface area contributed by atoms with Gasteiger partial charge in [-0.3, -0.25) is 0 Å². The lowest BCUT2D eigenvalue weighted by atomic mass is 10.1. The summed E-state index contributed by atoms with van der Waals surface area (Å²) >= 11 is 1.39. The fourth-order valence-corrected chi connectivity index (χ4v) is 3.55. The van der Waals surface area contributed by atoms with Gasteiger partial charge in [0.25, 0.3) is 0 Å². The van der Waals surface area contributed by atoms with Crippen LogP contribution in [0.1, 0.15) is 18.2 Å². The molecule has 2 aromatic carbocycles. The Balaban J connectivity index is 1.78. The summed E-state index contributed by atoms with van der Waals surface area (Å²) in [5.41, 5.74) is 1.76. The van der Waals surface area contributed by atoms with Crippen LogP contribution in [-0.4, -0.2) is 22.7 Å². The number of halogens is 3. The zero-order chi connectivity index (χ0) is 19.4. The summed E-state index contributed by atoms with van der Waals surface area (Å²) in [7, 11) is 0. The molecule has 0 saturated carbocycles. The van der Waals surface area contributed by atoms with E-state index in [0.717, 1.165) is 23.5 Å². The molecule has 0 aliphatic carbocycles. The van der Waals surface area contributed by atoms with Gasteiger partial charge < -0.3 is 10.0 Å². The molecule has 27 heavy (non-hydrogen) atoms.